The number of ketones is 1. The number of carbonyl (C=O) groups excluding carboxylic acids is 1. The van der Waals surface area contributed by atoms with Crippen LogP contribution in [0.1, 0.15) is 6.92 Å². The summed E-state index contributed by atoms with van der Waals surface area (Å²) >= 11 is 0. The molecule has 9 heavy (non-hydrogen) atoms. The lowest BCUT2D eigenvalue weighted by Crippen LogP contribution is -2.14. The minimum absolute atomic E-state index is 0.148. The molecule has 2 heteroatoms. The third-order valence-corrected chi connectivity index (χ3v) is 1.15. The summed E-state index contributed by atoms with van der Waals surface area (Å²) in [6.45, 7) is 1.40. The van der Waals surface area contributed by atoms with Gasteiger partial charge in [0.25, 0.3) is 0 Å². The lowest BCUT2D eigenvalue weighted by molar-refractivity contribution is -0.110. The van der Waals surface area contributed by atoms with Crippen LogP contribution in [0.15, 0.2) is 24.3 Å². The van der Waals surface area contributed by atoms with Crippen LogP contribution < -0.4 is 0 Å². The van der Waals surface area contributed by atoms with Crippen molar-refractivity contribution in [3.8, 4) is 0 Å². The normalized spacial score (nSPS) is 22.7. The summed E-state index contributed by atoms with van der Waals surface area (Å²) in [6.07, 6.45) is 4.96. The van der Waals surface area contributed by atoms with Gasteiger partial charge in [-0.25, -0.2) is 4.39 Å². The van der Waals surface area contributed by atoms with Crippen molar-refractivity contribution in [3.63, 3.8) is 0 Å². The van der Waals surface area contributed by atoms with Gasteiger partial charge in [-0.05, 0) is 31.2 Å². The maximum Gasteiger partial charge on any atom is 0.178 e. The molecule has 0 N–H and O–H groups in total. The predicted molar refractivity (Wildman–Crippen MR) is 32.8 cm³/mol. The number of hydrogen-bond acceptors (Lipinski definition) is 1. The van der Waals surface area contributed by atoms with Crippen LogP contribution in [0.25, 0.3) is 0 Å². The summed E-state index contributed by atoms with van der Waals surface area (Å²) in [7, 11) is 0. The van der Waals surface area contributed by atoms with E-state index in [4.69, 9.17) is 0 Å². The number of rotatable bonds is 0. The molecule has 0 amide bonds. The minimum Gasteiger partial charge on any atom is -0.290 e. The number of halogens is 1. The summed E-state index contributed by atoms with van der Waals surface area (Å²) in [6, 6.07) is 0. The van der Waals surface area contributed by atoms with Crippen LogP contribution in [0.4, 0.5) is 4.39 Å². The molecule has 0 saturated heterocycles. The molecular formula is C7H7FO. The van der Waals surface area contributed by atoms with E-state index in [0.29, 0.717) is 0 Å². The summed E-state index contributed by atoms with van der Waals surface area (Å²) in [5.74, 6) is -0.148. The molecule has 0 aromatic carbocycles. The molecule has 0 unspecified atom stereocenters. The fourth-order valence-electron chi connectivity index (χ4n) is 0.601. The number of alkyl halides is 1. The van der Waals surface area contributed by atoms with Crippen LogP contribution in [0.5, 0.6) is 0 Å². The summed E-state index contributed by atoms with van der Waals surface area (Å²) in [4.78, 5) is 10.4. The van der Waals surface area contributed by atoms with E-state index >= 15 is 0 Å². The molecule has 1 aliphatic carbocycles. The van der Waals surface area contributed by atoms with E-state index in [2.05, 4.69) is 0 Å². The second-order valence-electron chi connectivity index (χ2n) is 2.22. The van der Waals surface area contributed by atoms with Gasteiger partial charge in [0.2, 0.25) is 0 Å². The van der Waals surface area contributed by atoms with Crippen molar-refractivity contribution in [1.82, 2.24) is 0 Å². The second-order valence-corrected chi connectivity index (χ2v) is 2.22. The van der Waals surface area contributed by atoms with E-state index in [9.17, 15) is 9.18 Å². The van der Waals surface area contributed by atoms with Gasteiger partial charge in [0.15, 0.2) is 5.78 Å². The van der Waals surface area contributed by atoms with Crippen LogP contribution >= 0.6 is 0 Å². The van der Waals surface area contributed by atoms with E-state index in [1.54, 1.807) is 0 Å². The van der Waals surface area contributed by atoms with Gasteiger partial charge in [0.1, 0.15) is 5.67 Å². The second kappa shape index (κ2) is 1.79. The summed E-state index contributed by atoms with van der Waals surface area (Å²) < 4.78 is 12.7. The highest BCUT2D eigenvalue weighted by Gasteiger charge is 2.17. The third-order valence-electron chi connectivity index (χ3n) is 1.15. The molecule has 0 heterocycles. The Morgan fingerprint density at radius 1 is 1.44 bits per heavy atom. The number of allylic oxidation sites excluding steroid dienone is 4. The molecule has 0 fully saturated rings. The molecule has 0 aliphatic heterocycles. The zero-order valence-corrected chi connectivity index (χ0v) is 5.10. The molecule has 0 aromatic rings. The molecule has 0 atom stereocenters. The van der Waals surface area contributed by atoms with Crippen LogP contribution in [-0.4, -0.2) is 11.5 Å². The van der Waals surface area contributed by atoms with Crippen LogP contribution in [-0.2, 0) is 4.79 Å². The quantitative estimate of drug-likeness (QED) is 0.479. The van der Waals surface area contributed by atoms with E-state index in [1.807, 2.05) is 0 Å². The standard InChI is InChI=1S/C7H7FO/c1-7(8)4-2-6(9)3-5-7/h2-5H,1H3. The van der Waals surface area contributed by atoms with E-state index < -0.39 is 5.67 Å². The number of carbonyl (C=O) groups is 1. The molecule has 1 nitrogen and oxygen atoms in total. The van der Waals surface area contributed by atoms with Crippen molar-refractivity contribution < 1.29 is 9.18 Å². The first kappa shape index (κ1) is 6.20. The maximum absolute atomic E-state index is 12.7. The first-order valence-electron chi connectivity index (χ1n) is 2.71. The van der Waals surface area contributed by atoms with Gasteiger partial charge in [-0.1, -0.05) is 0 Å². The highest BCUT2D eigenvalue weighted by atomic mass is 19.1. The zero-order valence-electron chi connectivity index (χ0n) is 5.10. The highest BCUT2D eigenvalue weighted by Crippen LogP contribution is 2.16. The van der Waals surface area contributed by atoms with Gasteiger partial charge in [-0.3, -0.25) is 4.79 Å². The topological polar surface area (TPSA) is 17.1 Å². The predicted octanol–water partition coefficient (Wildman–Crippen LogP) is 1.41. The van der Waals surface area contributed by atoms with Gasteiger partial charge < -0.3 is 0 Å². The molecule has 0 spiro atoms. The van der Waals surface area contributed by atoms with E-state index in [-0.39, 0.29) is 5.78 Å². The number of hydrogen-bond donors (Lipinski definition) is 0. The zero-order chi connectivity index (χ0) is 6.91. The monoisotopic (exact) mass is 126 g/mol. The molecule has 0 saturated carbocycles. The average molecular weight is 126 g/mol. The Kier molecular flexibility index (Phi) is 1.24. The SMILES string of the molecule is CC1(F)C=CC(=O)C=C1. The van der Waals surface area contributed by atoms with Crippen LogP contribution in [0.2, 0.25) is 0 Å². The molecule has 1 rings (SSSR count). The average Bonchev–Trinajstić information content (AvgIpc) is 1.78. The summed E-state index contributed by atoms with van der Waals surface area (Å²) in [5.41, 5.74) is -1.42. The maximum atomic E-state index is 12.7. The van der Waals surface area contributed by atoms with Gasteiger partial charge in [0, 0.05) is 0 Å². The van der Waals surface area contributed by atoms with Crippen molar-refractivity contribution in [2.75, 3.05) is 0 Å². The Morgan fingerprint density at radius 2 is 1.89 bits per heavy atom. The molecule has 0 aromatic heterocycles. The lowest BCUT2D eigenvalue weighted by atomic mass is 10.0. The molecular weight excluding hydrogens is 119 g/mol. The van der Waals surface area contributed by atoms with Crippen molar-refractivity contribution >= 4 is 5.78 Å². The van der Waals surface area contributed by atoms with E-state index in [1.165, 1.54) is 31.2 Å². The van der Waals surface area contributed by atoms with Crippen LogP contribution in [0.3, 0.4) is 0 Å². The molecule has 48 valence electrons. The summed E-state index contributed by atoms with van der Waals surface area (Å²) in [5, 5.41) is 0. The first-order valence-corrected chi connectivity index (χ1v) is 2.71. The van der Waals surface area contributed by atoms with Gasteiger partial charge in [-0.2, -0.15) is 0 Å². The van der Waals surface area contributed by atoms with Gasteiger partial charge >= 0.3 is 0 Å². The highest BCUT2D eigenvalue weighted by molar-refractivity contribution is 6.00. The van der Waals surface area contributed by atoms with Crippen molar-refractivity contribution in [2.24, 2.45) is 0 Å². The third kappa shape index (κ3) is 1.49. The minimum atomic E-state index is -1.42. The Bertz CT molecular complexity index is 171. The largest absolute Gasteiger partial charge is 0.290 e. The van der Waals surface area contributed by atoms with Crippen molar-refractivity contribution in [3.05, 3.63) is 24.3 Å². The lowest BCUT2D eigenvalue weighted by Gasteiger charge is -2.11. The Balaban J connectivity index is 2.82. The van der Waals surface area contributed by atoms with E-state index in [0.717, 1.165) is 0 Å². The molecule has 1 aliphatic rings. The molecule has 0 radical (unpaired) electrons. The Hall–Kier alpha value is -0.920. The van der Waals surface area contributed by atoms with Crippen LogP contribution in [0, 0.1) is 0 Å². The van der Waals surface area contributed by atoms with Gasteiger partial charge in [-0.15, -0.1) is 0 Å². The Morgan fingerprint density at radius 3 is 2.22 bits per heavy atom. The van der Waals surface area contributed by atoms with Crippen molar-refractivity contribution in [1.29, 1.82) is 0 Å². The Labute approximate surface area is 52.9 Å². The van der Waals surface area contributed by atoms with Gasteiger partial charge in [0.05, 0.1) is 0 Å². The van der Waals surface area contributed by atoms with Crippen molar-refractivity contribution in [2.45, 2.75) is 12.6 Å². The fraction of sp³-hybridized carbons (Fsp3) is 0.286. The smallest absolute Gasteiger partial charge is 0.178 e. The molecule has 0 bridgehead atoms. The fourth-order valence-corrected chi connectivity index (χ4v) is 0.601. The first-order chi connectivity index (χ1) is 4.10.